The Morgan fingerprint density at radius 3 is 2.09 bits per heavy atom. The predicted octanol–water partition coefficient (Wildman–Crippen LogP) is 4.75. The average Bonchev–Trinajstić information content (AvgIpc) is 2.81. The van der Waals surface area contributed by atoms with Crippen LogP contribution >= 0.6 is 23.2 Å². The van der Waals surface area contributed by atoms with Gasteiger partial charge in [-0.15, -0.1) is 5.10 Å². The average molecular weight is 468 g/mol. The molecule has 0 bridgehead atoms. The van der Waals surface area contributed by atoms with Crippen LogP contribution in [0.15, 0.2) is 88.1 Å². The van der Waals surface area contributed by atoms with Crippen LogP contribution in [0.3, 0.4) is 0 Å². The number of ether oxygens (including phenoxy) is 1. The summed E-state index contributed by atoms with van der Waals surface area (Å²) in [5.74, 6) is 0.0205. The summed E-state index contributed by atoms with van der Waals surface area (Å²) in [6.45, 7) is 0. The van der Waals surface area contributed by atoms with Gasteiger partial charge in [0, 0.05) is 10.0 Å². The lowest BCUT2D eigenvalue weighted by molar-refractivity contribution is 0.0973. The van der Waals surface area contributed by atoms with Gasteiger partial charge in [-0.3, -0.25) is 10.1 Å². The van der Waals surface area contributed by atoms with Crippen molar-refractivity contribution in [1.82, 2.24) is 10.7 Å². The summed E-state index contributed by atoms with van der Waals surface area (Å²) >= 11 is 11.8. The number of rotatable bonds is 6. The van der Waals surface area contributed by atoms with E-state index in [1.807, 2.05) is 0 Å². The first-order valence-corrected chi connectivity index (χ1v) is 10.2. The highest BCUT2D eigenvalue weighted by molar-refractivity contribution is 6.30. The molecule has 3 rings (SSSR count). The van der Waals surface area contributed by atoms with Crippen molar-refractivity contribution in [3.05, 3.63) is 99.5 Å². The maximum absolute atomic E-state index is 12.7. The fourth-order valence-electron chi connectivity index (χ4n) is 2.50. The van der Waals surface area contributed by atoms with Crippen LogP contribution in [0.4, 0.5) is 0 Å². The molecule has 0 saturated heterocycles. The molecular formula is C23H19Cl2N5O2. The van der Waals surface area contributed by atoms with Gasteiger partial charge in [0.1, 0.15) is 5.75 Å². The number of nitrogens with zero attached hydrogens (tertiary/aromatic N) is 3. The Bertz CT molecular complexity index is 1140. The number of carbonyl (C=O) groups is 1. The Labute approximate surface area is 195 Å². The van der Waals surface area contributed by atoms with E-state index in [0.29, 0.717) is 21.4 Å². The lowest BCUT2D eigenvalue weighted by Crippen LogP contribution is -2.38. The predicted molar refractivity (Wildman–Crippen MR) is 129 cm³/mol. The monoisotopic (exact) mass is 467 g/mol. The molecule has 0 saturated carbocycles. The smallest absolute Gasteiger partial charge is 0.261 e. The number of halogens is 2. The van der Waals surface area contributed by atoms with Crippen LogP contribution in [0.1, 0.15) is 21.5 Å². The number of carbonyl (C=O) groups excluding carboxylic acids is 1. The highest BCUT2D eigenvalue weighted by atomic mass is 35.5. The fourth-order valence-corrected chi connectivity index (χ4v) is 2.75. The van der Waals surface area contributed by atoms with Gasteiger partial charge in [0.05, 0.1) is 25.1 Å². The first kappa shape index (κ1) is 23.0. The van der Waals surface area contributed by atoms with Crippen LogP contribution in [-0.2, 0) is 0 Å². The molecule has 0 spiro atoms. The molecule has 0 atom stereocenters. The topological polar surface area (TPSA) is 87.4 Å². The first-order valence-electron chi connectivity index (χ1n) is 9.41. The number of hydrogen-bond acceptors (Lipinski definition) is 5. The van der Waals surface area contributed by atoms with Crippen molar-refractivity contribution < 1.29 is 9.53 Å². The second-order valence-electron chi connectivity index (χ2n) is 6.32. The van der Waals surface area contributed by atoms with Crippen LogP contribution in [0, 0.1) is 0 Å². The fraction of sp³-hybridized carbons (Fsp3) is 0.0435. The molecule has 9 heteroatoms. The summed E-state index contributed by atoms with van der Waals surface area (Å²) in [5.41, 5.74) is 4.63. The lowest BCUT2D eigenvalue weighted by Gasteiger charge is -2.09. The van der Waals surface area contributed by atoms with E-state index in [-0.39, 0.29) is 5.96 Å². The number of guanidine groups is 1. The Morgan fingerprint density at radius 1 is 0.875 bits per heavy atom. The third-order valence-corrected chi connectivity index (χ3v) is 4.58. The van der Waals surface area contributed by atoms with Gasteiger partial charge < -0.3 is 4.74 Å². The zero-order valence-electron chi connectivity index (χ0n) is 17.0. The molecule has 1 amide bonds. The van der Waals surface area contributed by atoms with Crippen molar-refractivity contribution in [2.75, 3.05) is 7.11 Å². The Morgan fingerprint density at radius 2 is 1.47 bits per heavy atom. The van der Waals surface area contributed by atoms with Gasteiger partial charge in [-0.1, -0.05) is 59.6 Å². The molecule has 3 aromatic rings. The van der Waals surface area contributed by atoms with E-state index in [0.717, 1.165) is 11.1 Å². The molecule has 0 unspecified atom stereocenters. The molecular weight excluding hydrogens is 449 g/mol. The number of para-hydroxylation sites is 1. The van der Waals surface area contributed by atoms with Gasteiger partial charge >= 0.3 is 0 Å². The molecule has 3 aromatic carbocycles. The minimum Gasteiger partial charge on any atom is -0.496 e. The summed E-state index contributed by atoms with van der Waals surface area (Å²) in [6, 6.07) is 21.0. The van der Waals surface area contributed by atoms with E-state index >= 15 is 0 Å². The van der Waals surface area contributed by atoms with Crippen molar-refractivity contribution in [1.29, 1.82) is 0 Å². The van der Waals surface area contributed by atoms with Gasteiger partial charge in [-0.2, -0.15) is 10.2 Å². The van der Waals surface area contributed by atoms with Gasteiger partial charge in [0.25, 0.3) is 5.91 Å². The van der Waals surface area contributed by atoms with Crippen molar-refractivity contribution >= 4 is 47.5 Å². The zero-order chi connectivity index (χ0) is 22.8. The van der Waals surface area contributed by atoms with Crippen LogP contribution in [0.2, 0.25) is 10.0 Å². The highest BCUT2D eigenvalue weighted by Crippen LogP contribution is 2.16. The molecule has 162 valence electrons. The highest BCUT2D eigenvalue weighted by Gasteiger charge is 2.13. The Balaban J connectivity index is 1.78. The second kappa shape index (κ2) is 11.6. The summed E-state index contributed by atoms with van der Waals surface area (Å²) in [7, 11) is 1.49. The van der Waals surface area contributed by atoms with E-state index < -0.39 is 5.91 Å². The second-order valence-corrected chi connectivity index (χ2v) is 7.19. The van der Waals surface area contributed by atoms with Gasteiger partial charge in [0.2, 0.25) is 5.96 Å². The van der Waals surface area contributed by atoms with Crippen LogP contribution in [-0.4, -0.2) is 31.4 Å². The number of hydrogen-bond donors (Lipinski definition) is 2. The normalized spacial score (nSPS) is 11.7. The summed E-state index contributed by atoms with van der Waals surface area (Å²) < 4.78 is 5.24. The third kappa shape index (κ3) is 6.94. The summed E-state index contributed by atoms with van der Waals surface area (Å²) in [4.78, 5) is 12.7. The van der Waals surface area contributed by atoms with E-state index in [2.05, 4.69) is 26.0 Å². The summed E-state index contributed by atoms with van der Waals surface area (Å²) in [6.07, 6.45) is 3.08. The molecule has 0 radical (unpaired) electrons. The Kier molecular flexibility index (Phi) is 8.36. The van der Waals surface area contributed by atoms with Crippen molar-refractivity contribution in [2.45, 2.75) is 0 Å². The minimum absolute atomic E-state index is 0.0244. The first-order chi connectivity index (χ1) is 15.5. The van der Waals surface area contributed by atoms with E-state index in [4.69, 9.17) is 27.9 Å². The van der Waals surface area contributed by atoms with Crippen LogP contribution in [0.5, 0.6) is 5.75 Å². The lowest BCUT2D eigenvalue weighted by atomic mass is 10.2. The third-order valence-electron chi connectivity index (χ3n) is 4.07. The molecule has 0 aromatic heterocycles. The quantitative estimate of drug-likeness (QED) is 0.311. The van der Waals surface area contributed by atoms with Crippen LogP contribution < -0.4 is 15.5 Å². The van der Waals surface area contributed by atoms with E-state index in [9.17, 15) is 4.79 Å². The molecule has 0 aliphatic carbocycles. The van der Waals surface area contributed by atoms with Crippen molar-refractivity contribution in [3.8, 4) is 5.75 Å². The number of amides is 1. The summed E-state index contributed by atoms with van der Waals surface area (Å²) in [5, 5.41) is 16.1. The molecule has 0 aliphatic rings. The number of nitrogens with one attached hydrogen (secondary N) is 2. The van der Waals surface area contributed by atoms with Gasteiger partial charge in [-0.25, -0.2) is 5.43 Å². The van der Waals surface area contributed by atoms with Crippen LogP contribution in [0.25, 0.3) is 0 Å². The molecule has 0 heterocycles. The van der Waals surface area contributed by atoms with Crippen molar-refractivity contribution in [2.24, 2.45) is 15.3 Å². The number of benzene rings is 3. The molecule has 0 fully saturated rings. The molecule has 0 aliphatic heterocycles. The molecule has 7 nitrogen and oxygen atoms in total. The Hall–Kier alpha value is -3.68. The maximum Gasteiger partial charge on any atom is 0.261 e. The zero-order valence-corrected chi connectivity index (χ0v) is 18.5. The maximum atomic E-state index is 12.7. The number of methoxy groups -OCH3 is 1. The van der Waals surface area contributed by atoms with E-state index in [1.165, 1.54) is 13.3 Å². The standard InChI is InChI=1S/C23H19Cl2N5O2/c1-32-21-5-3-2-4-20(21)22(31)28-23(29-26-14-16-6-10-18(24)11-7-16)30-27-15-17-8-12-19(25)13-9-17/h2-15H,1H3,(H2,28,29,30,31)/b26-14+,27-15+. The molecule has 2 N–H and O–H groups in total. The van der Waals surface area contributed by atoms with E-state index in [1.54, 1.807) is 79.0 Å². The minimum atomic E-state index is -0.433. The van der Waals surface area contributed by atoms with Crippen molar-refractivity contribution in [3.63, 3.8) is 0 Å². The molecule has 32 heavy (non-hydrogen) atoms. The largest absolute Gasteiger partial charge is 0.496 e. The SMILES string of the molecule is COc1ccccc1C(=O)N/C(=N\N=C\c1ccc(Cl)cc1)N/N=C/c1ccc(Cl)cc1. The van der Waals surface area contributed by atoms with Gasteiger partial charge in [0.15, 0.2) is 0 Å². The number of hydrazone groups is 1. The van der Waals surface area contributed by atoms with Gasteiger partial charge in [-0.05, 0) is 47.5 Å².